The number of rotatable bonds is 8. The third kappa shape index (κ3) is 5.58. The molecule has 2 N–H and O–H groups in total. The Kier molecular flexibility index (Phi) is 6.55. The van der Waals surface area contributed by atoms with E-state index in [1.165, 1.54) is 12.1 Å². The molecule has 2 aromatic rings. The van der Waals surface area contributed by atoms with Gasteiger partial charge in [-0.25, -0.2) is 13.1 Å². The quantitative estimate of drug-likeness (QED) is 0.756. The number of hydrogen-bond donors (Lipinski definition) is 2. The summed E-state index contributed by atoms with van der Waals surface area (Å²) >= 11 is 0. The molecule has 134 valence electrons. The van der Waals surface area contributed by atoms with Gasteiger partial charge in [0.05, 0.1) is 18.0 Å². The number of nitrogens with one attached hydrogen (secondary N) is 2. The van der Waals surface area contributed by atoms with Gasteiger partial charge in [-0.05, 0) is 55.3 Å². The Hall–Kier alpha value is -2.38. The van der Waals surface area contributed by atoms with Crippen molar-refractivity contribution in [2.75, 3.05) is 18.5 Å². The van der Waals surface area contributed by atoms with Crippen molar-refractivity contribution in [3.63, 3.8) is 0 Å². The van der Waals surface area contributed by atoms with Gasteiger partial charge >= 0.3 is 0 Å². The topological polar surface area (TPSA) is 84.5 Å². The predicted octanol–water partition coefficient (Wildman–Crippen LogP) is 2.56. The van der Waals surface area contributed by atoms with Crippen molar-refractivity contribution in [1.29, 1.82) is 0 Å². The van der Waals surface area contributed by atoms with E-state index in [1.54, 1.807) is 24.3 Å². The van der Waals surface area contributed by atoms with E-state index in [-0.39, 0.29) is 11.4 Å². The van der Waals surface area contributed by atoms with Crippen molar-refractivity contribution >= 4 is 21.6 Å². The lowest BCUT2D eigenvalue weighted by Gasteiger charge is -2.09. The third-order valence-electron chi connectivity index (χ3n) is 3.51. The second kappa shape index (κ2) is 8.64. The van der Waals surface area contributed by atoms with Crippen LogP contribution in [0.3, 0.4) is 0 Å². The molecule has 0 heterocycles. The highest BCUT2D eigenvalue weighted by Gasteiger charge is 2.15. The molecule has 2 aromatic carbocycles. The van der Waals surface area contributed by atoms with E-state index in [1.807, 2.05) is 26.0 Å². The summed E-state index contributed by atoms with van der Waals surface area (Å²) in [7, 11) is -3.76. The van der Waals surface area contributed by atoms with Gasteiger partial charge in [-0.3, -0.25) is 4.79 Å². The van der Waals surface area contributed by atoms with Crippen molar-refractivity contribution in [2.45, 2.75) is 25.2 Å². The van der Waals surface area contributed by atoms with Crippen LogP contribution in [0.2, 0.25) is 0 Å². The molecular weight excluding hydrogens is 340 g/mol. The third-order valence-corrected chi connectivity index (χ3v) is 4.93. The van der Waals surface area contributed by atoms with Gasteiger partial charge in [0.1, 0.15) is 5.75 Å². The van der Waals surface area contributed by atoms with Crippen molar-refractivity contribution in [3.8, 4) is 5.75 Å². The first-order chi connectivity index (χ1) is 11.9. The summed E-state index contributed by atoms with van der Waals surface area (Å²) in [4.78, 5) is 12.0. The molecule has 0 spiro atoms. The predicted molar refractivity (Wildman–Crippen MR) is 97.2 cm³/mol. The lowest BCUT2D eigenvalue weighted by atomic mass is 10.1. The number of benzene rings is 2. The van der Waals surface area contributed by atoms with E-state index in [2.05, 4.69) is 10.0 Å². The second-order valence-electron chi connectivity index (χ2n) is 5.33. The zero-order chi connectivity index (χ0) is 18.3. The van der Waals surface area contributed by atoms with E-state index in [9.17, 15) is 13.2 Å². The summed E-state index contributed by atoms with van der Waals surface area (Å²) in [5.41, 5.74) is 1.79. The van der Waals surface area contributed by atoms with Gasteiger partial charge < -0.3 is 10.1 Å². The van der Waals surface area contributed by atoms with Gasteiger partial charge in [-0.1, -0.05) is 19.1 Å². The molecule has 0 radical (unpaired) electrons. The van der Waals surface area contributed by atoms with Gasteiger partial charge in [-0.15, -0.1) is 0 Å². The first-order valence-electron chi connectivity index (χ1n) is 8.06. The molecule has 7 heteroatoms. The minimum absolute atomic E-state index is 0.0797. The summed E-state index contributed by atoms with van der Waals surface area (Å²) < 4.78 is 32.0. The van der Waals surface area contributed by atoms with Crippen molar-refractivity contribution in [2.24, 2.45) is 0 Å². The highest BCUT2D eigenvalue weighted by Crippen LogP contribution is 2.15. The van der Waals surface area contributed by atoms with E-state index in [0.29, 0.717) is 18.0 Å². The Bertz CT molecular complexity index is 800. The van der Waals surface area contributed by atoms with Crippen LogP contribution in [0.5, 0.6) is 5.75 Å². The Labute approximate surface area is 148 Å². The Morgan fingerprint density at radius 3 is 2.20 bits per heavy atom. The number of anilines is 1. The number of sulfonamides is 1. The van der Waals surface area contributed by atoms with Crippen LogP contribution in [0, 0.1) is 0 Å². The van der Waals surface area contributed by atoms with Gasteiger partial charge in [0.25, 0.3) is 0 Å². The zero-order valence-corrected chi connectivity index (χ0v) is 15.1. The molecule has 6 nitrogen and oxygen atoms in total. The number of aryl methyl sites for hydroxylation is 1. The Balaban J connectivity index is 1.92. The Morgan fingerprint density at radius 2 is 1.64 bits per heavy atom. The summed E-state index contributed by atoms with van der Waals surface area (Å²) in [6.45, 7) is 4.05. The maximum absolute atomic E-state index is 12.2. The minimum atomic E-state index is -3.76. The average Bonchev–Trinajstić information content (AvgIpc) is 2.61. The molecule has 0 aliphatic carbocycles. The number of carbonyl (C=O) groups excluding carboxylic acids is 1. The largest absolute Gasteiger partial charge is 0.494 e. The molecular formula is C18H22N2O4S. The molecule has 0 aliphatic rings. The number of carbonyl (C=O) groups is 1. The van der Waals surface area contributed by atoms with Crippen LogP contribution in [0.4, 0.5) is 5.69 Å². The summed E-state index contributed by atoms with van der Waals surface area (Å²) in [5, 5.41) is 2.66. The fourth-order valence-electron chi connectivity index (χ4n) is 2.15. The Morgan fingerprint density at radius 1 is 1.00 bits per heavy atom. The SMILES string of the molecule is CCOc1ccc(S(=O)(=O)NCC(=O)Nc2ccc(CC)cc2)cc1. The number of amides is 1. The van der Waals surface area contributed by atoms with Crippen LogP contribution < -0.4 is 14.8 Å². The van der Waals surface area contributed by atoms with Crippen molar-refractivity contribution < 1.29 is 17.9 Å². The molecule has 0 aromatic heterocycles. The van der Waals surface area contributed by atoms with Crippen LogP contribution >= 0.6 is 0 Å². The smallest absolute Gasteiger partial charge is 0.241 e. The molecule has 2 rings (SSSR count). The first kappa shape index (κ1) is 19.0. The van der Waals surface area contributed by atoms with Crippen molar-refractivity contribution in [3.05, 3.63) is 54.1 Å². The summed E-state index contributed by atoms with van der Waals surface area (Å²) in [6, 6.07) is 13.4. The zero-order valence-electron chi connectivity index (χ0n) is 14.3. The highest BCUT2D eigenvalue weighted by atomic mass is 32.2. The number of ether oxygens (including phenoxy) is 1. The lowest BCUT2D eigenvalue weighted by Crippen LogP contribution is -2.32. The minimum Gasteiger partial charge on any atom is -0.494 e. The van der Waals surface area contributed by atoms with Gasteiger partial charge in [0, 0.05) is 5.69 Å². The molecule has 0 bridgehead atoms. The molecule has 0 atom stereocenters. The van der Waals surface area contributed by atoms with E-state index >= 15 is 0 Å². The average molecular weight is 362 g/mol. The fraction of sp³-hybridized carbons (Fsp3) is 0.278. The van der Waals surface area contributed by atoms with Gasteiger partial charge in [0.15, 0.2) is 0 Å². The molecule has 1 amide bonds. The number of hydrogen-bond acceptors (Lipinski definition) is 4. The maximum atomic E-state index is 12.2. The summed E-state index contributed by atoms with van der Waals surface area (Å²) in [6.07, 6.45) is 0.913. The van der Waals surface area contributed by atoms with Crippen LogP contribution in [0.25, 0.3) is 0 Å². The van der Waals surface area contributed by atoms with Crippen LogP contribution in [-0.4, -0.2) is 27.5 Å². The summed E-state index contributed by atoms with van der Waals surface area (Å²) in [5.74, 6) is 0.161. The molecule has 0 saturated carbocycles. The maximum Gasteiger partial charge on any atom is 0.241 e. The van der Waals surface area contributed by atoms with E-state index in [0.717, 1.165) is 12.0 Å². The van der Waals surface area contributed by atoms with Gasteiger partial charge in [-0.2, -0.15) is 0 Å². The molecule has 25 heavy (non-hydrogen) atoms. The molecule has 0 fully saturated rings. The molecule has 0 aliphatic heterocycles. The first-order valence-corrected chi connectivity index (χ1v) is 9.54. The molecule has 0 unspecified atom stereocenters. The van der Waals surface area contributed by atoms with Gasteiger partial charge in [0.2, 0.25) is 15.9 Å². The van der Waals surface area contributed by atoms with Crippen LogP contribution in [0.15, 0.2) is 53.4 Å². The standard InChI is InChI=1S/C18H22N2O4S/c1-3-14-5-7-15(8-6-14)20-18(21)13-19-25(22,23)17-11-9-16(10-12-17)24-4-2/h5-12,19H,3-4,13H2,1-2H3,(H,20,21). The monoisotopic (exact) mass is 362 g/mol. The lowest BCUT2D eigenvalue weighted by molar-refractivity contribution is -0.115. The van der Waals surface area contributed by atoms with Crippen LogP contribution in [-0.2, 0) is 21.2 Å². The van der Waals surface area contributed by atoms with E-state index < -0.39 is 15.9 Å². The molecule has 0 saturated heterocycles. The van der Waals surface area contributed by atoms with Crippen molar-refractivity contribution in [1.82, 2.24) is 4.72 Å². The normalized spacial score (nSPS) is 11.1. The second-order valence-corrected chi connectivity index (χ2v) is 7.09. The fourth-order valence-corrected chi connectivity index (χ4v) is 3.14. The van der Waals surface area contributed by atoms with Crippen LogP contribution in [0.1, 0.15) is 19.4 Å². The highest BCUT2D eigenvalue weighted by molar-refractivity contribution is 7.89. The van der Waals surface area contributed by atoms with E-state index in [4.69, 9.17) is 4.74 Å².